The molecule has 3 aromatic rings. The van der Waals surface area contributed by atoms with E-state index in [0.717, 1.165) is 86.6 Å². The molecule has 0 bridgehead atoms. The van der Waals surface area contributed by atoms with Crippen molar-refractivity contribution in [2.24, 2.45) is 5.92 Å². The summed E-state index contributed by atoms with van der Waals surface area (Å²) in [6.45, 7) is 5.35. The summed E-state index contributed by atoms with van der Waals surface area (Å²) in [4.78, 5) is 20.0. The Morgan fingerprint density at radius 3 is 2.65 bits per heavy atom. The maximum atomic E-state index is 6.54. The maximum Gasteiger partial charge on any atom is 0.149 e. The third kappa shape index (κ3) is 4.61. The smallest absolute Gasteiger partial charge is 0.149 e. The zero-order chi connectivity index (χ0) is 21.0. The standard InChI is InChI=1S/C24H29N5O2/c1-17-19(15-25-16-28-17)12-18-2-4-21(5-3-18)31-23-14-20(29-8-10-30-11-9-29)13-22-24(23)27-7-6-26-22/h6-7,13-16,18,21H,2-5,8-12H2,1H3. The van der Waals surface area contributed by atoms with E-state index in [-0.39, 0.29) is 6.10 Å². The highest BCUT2D eigenvalue weighted by molar-refractivity contribution is 5.85. The quantitative estimate of drug-likeness (QED) is 0.624. The fourth-order valence-corrected chi connectivity index (χ4v) is 4.69. The van der Waals surface area contributed by atoms with Gasteiger partial charge in [0.1, 0.15) is 17.6 Å². The van der Waals surface area contributed by atoms with Gasteiger partial charge in [0.05, 0.1) is 24.8 Å². The number of morpholine rings is 1. The van der Waals surface area contributed by atoms with Crippen molar-refractivity contribution in [1.29, 1.82) is 0 Å². The first-order valence-corrected chi connectivity index (χ1v) is 11.3. The number of benzene rings is 1. The number of hydrogen-bond acceptors (Lipinski definition) is 7. The molecule has 0 N–H and O–H groups in total. The van der Waals surface area contributed by atoms with Crippen molar-refractivity contribution in [3.05, 3.63) is 48.3 Å². The average Bonchev–Trinajstić information content (AvgIpc) is 2.82. The van der Waals surface area contributed by atoms with Crippen molar-refractivity contribution in [1.82, 2.24) is 19.9 Å². The van der Waals surface area contributed by atoms with Crippen molar-refractivity contribution in [2.75, 3.05) is 31.2 Å². The number of fused-ring (bicyclic) bond motifs is 1. The minimum Gasteiger partial charge on any atom is -0.488 e. The molecular weight excluding hydrogens is 390 g/mol. The lowest BCUT2D eigenvalue weighted by Gasteiger charge is -2.31. The van der Waals surface area contributed by atoms with E-state index in [1.165, 1.54) is 5.56 Å². The van der Waals surface area contributed by atoms with Crippen LogP contribution in [0.25, 0.3) is 11.0 Å². The van der Waals surface area contributed by atoms with Crippen molar-refractivity contribution in [3.63, 3.8) is 0 Å². The minimum absolute atomic E-state index is 0.217. The highest BCUT2D eigenvalue weighted by Gasteiger charge is 2.25. The Labute approximate surface area is 182 Å². The molecule has 7 heteroatoms. The van der Waals surface area contributed by atoms with Gasteiger partial charge in [-0.25, -0.2) is 15.0 Å². The predicted octanol–water partition coefficient (Wildman–Crippen LogP) is 3.75. The van der Waals surface area contributed by atoms with Crippen molar-refractivity contribution in [3.8, 4) is 5.75 Å². The lowest BCUT2D eigenvalue weighted by atomic mass is 9.83. The zero-order valence-electron chi connectivity index (χ0n) is 18.0. The molecule has 2 aromatic heterocycles. The molecule has 1 saturated heterocycles. The van der Waals surface area contributed by atoms with Crippen molar-refractivity contribution < 1.29 is 9.47 Å². The van der Waals surface area contributed by atoms with E-state index in [0.29, 0.717) is 5.92 Å². The first-order chi connectivity index (χ1) is 15.3. The number of aryl methyl sites for hydroxylation is 1. The number of ether oxygens (including phenoxy) is 2. The van der Waals surface area contributed by atoms with Gasteiger partial charge in [0.25, 0.3) is 0 Å². The van der Waals surface area contributed by atoms with Crippen LogP contribution in [0.3, 0.4) is 0 Å². The summed E-state index contributed by atoms with van der Waals surface area (Å²) in [5.74, 6) is 1.52. The van der Waals surface area contributed by atoms with E-state index < -0.39 is 0 Å². The van der Waals surface area contributed by atoms with Gasteiger partial charge in [0.2, 0.25) is 0 Å². The Hall–Kier alpha value is -2.80. The van der Waals surface area contributed by atoms with Crippen molar-refractivity contribution in [2.45, 2.75) is 45.1 Å². The first kappa shape index (κ1) is 20.1. The molecule has 0 radical (unpaired) electrons. The summed E-state index contributed by atoms with van der Waals surface area (Å²) < 4.78 is 12.0. The largest absolute Gasteiger partial charge is 0.488 e. The van der Waals surface area contributed by atoms with Crippen LogP contribution >= 0.6 is 0 Å². The second kappa shape index (κ2) is 9.14. The van der Waals surface area contributed by atoms with Crippen LogP contribution in [0.5, 0.6) is 5.75 Å². The van der Waals surface area contributed by atoms with Gasteiger partial charge in [-0.05, 0) is 56.6 Å². The number of hydrogen-bond donors (Lipinski definition) is 0. The number of rotatable bonds is 5. The first-order valence-electron chi connectivity index (χ1n) is 11.3. The summed E-state index contributed by atoms with van der Waals surface area (Å²) in [7, 11) is 0. The van der Waals surface area contributed by atoms with Gasteiger partial charge in [-0.2, -0.15) is 0 Å². The molecule has 31 heavy (non-hydrogen) atoms. The van der Waals surface area contributed by atoms with Gasteiger partial charge in [-0.1, -0.05) is 0 Å². The predicted molar refractivity (Wildman–Crippen MR) is 119 cm³/mol. The summed E-state index contributed by atoms with van der Waals surface area (Å²) in [5, 5.41) is 0. The monoisotopic (exact) mass is 419 g/mol. The van der Waals surface area contributed by atoms with Gasteiger partial charge in [-0.3, -0.25) is 4.98 Å². The molecule has 0 amide bonds. The Bertz CT molecular complexity index is 1030. The van der Waals surface area contributed by atoms with Crippen molar-refractivity contribution >= 4 is 16.7 Å². The normalized spacial score (nSPS) is 21.9. The van der Waals surface area contributed by atoms with Crippen LogP contribution in [-0.2, 0) is 11.2 Å². The molecule has 1 saturated carbocycles. The second-order valence-electron chi connectivity index (χ2n) is 8.57. The van der Waals surface area contributed by atoms with Gasteiger partial charge in [0, 0.05) is 49.1 Å². The number of nitrogens with zero attached hydrogens (tertiary/aromatic N) is 5. The molecule has 2 fully saturated rings. The number of aromatic nitrogens is 4. The zero-order valence-corrected chi connectivity index (χ0v) is 18.0. The molecule has 0 spiro atoms. The van der Waals surface area contributed by atoms with E-state index in [9.17, 15) is 0 Å². The maximum absolute atomic E-state index is 6.54. The molecule has 7 nitrogen and oxygen atoms in total. The fourth-order valence-electron chi connectivity index (χ4n) is 4.69. The molecule has 3 heterocycles. The summed E-state index contributed by atoms with van der Waals surface area (Å²) in [6.07, 6.45) is 12.8. The third-order valence-corrected chi connectivity index (χ3v) is 6.51. The highest BCUT2D eigenvalue weighted by atomic mass is 16.5. The second-order valence-corrected chi connectivity index (χ2v) is 8.57. The fraction of sp³-hybridized carbons (Fsp3) is 0.500. The van der Waals surface area contributed by atoms with Gasteiger partial charge in [0.15, 0.2) is 0 Å². The molecule has 2 aliphatic rings. The molecule has 1 aliphatic carbocycles. The molecule has 5 rings (SSSR count). The van der Waals surface area contributed by atoms with Crippen LogP contribution in [0.1, 0.15) is 36.9 Å². The van der Waals surface area contributed by atoms with E-state index in [1.54, 1.807) is 18.7 Å². The Kier molecular flexibility index (Phi) is 5.93. The Balaban J connectivity index is 1.28. The molecular formula is C24H29N5O2. The van der Waals surface area contributed by atoms with E-state index >= 15 is 0 Å². The Morgan fingerprint density at radius 2 is 1.84 bits per heavy atom. The molecule has 1 aromatic carbocycles. The average molecular weight is 420 g/mol. The van der Waals surface area contributed by atoms with Gasteiger partial charge >= 0.3 is 0 Å². The summed E-state index contributed by atoms with van der Waals surface area (Å²) in [5.41, 5.74) is 5.23. The summed E-state index contributed by atoms with van der Waals surface area (Å²) >= 11 is 0. The summed E-state index contributed by atoms with van der Waals surface area (Å²) in [6, 6.07) is 4.25. The van der Waals surface area contributed by atoms with E-state index in [1.807, 2.05) is 6.20 Å². The van der Waals surface area contributed by atoms with E-state index in [4.69, 9.17) is 9.47 Å². The molecule has 162 valence electrons. The van der Waals surface area contributed by atoms with Crippen LogP contribution < -0.4 is 9.64 Å². The Morgan fingerprint density at radius 1 is 1.03 bits per heavy atom. The van der Waals surface area contributed by atoms with Crippen LogP contribution in [0, 0.1) is 12.8 Å². The number of anilines is 1. The van der Waals surface area contributed by atoms with Gasteiger partial charge in [-0.15, -0.1) is 0 Å². The van der Waals surface area contributed by atoms with Gasteiger partial charge < -0.3 is 14.4 Å². The molecule has 1 aliphatic heterocycles. The van der Waals surface area contributed by atoms with Crippen LogP contribution in [0.2, 0.25) is 0 Å². The lowest BCUT2D eigenvalue weighted by molar-refractivity contribution is 0.122. The molecule has 0 unspecified atom stereocenters. The minimum atomic E-state index is 0.217. The topological polar surface area (TPSA) is 73.3 Å². The SMILES string of the molecule is Cc1ncncc1CC1CCC(Oc2cc(N3CCOCC3)cc3nccnc23)CC1. The molecule has 0 atom stereocenters. The highest BCUT2D eigenvalue weighted by Crippen LogP contribution is 2.34. The van der Waals surface area contributed by atoms with Crippen LogP contribution in [-0.4, -0.2) is 52.3 Å². The van der Waals surface area contributed by atoms with Crippen LogP contribution in [0.15, 0.2) is 37.1 Å². The van der Waals surface area contributed by atoms with E-state index in [2.05, 4.69) is 43.9 Å². The third-order valence-electron chi connectivity index (χ3n) is 6.51. The van der Waals surface area contributed by atoms with Crippen LogP contribution in [0.4, 0.5) is 5.69 Å². The lowest BCUT2D eigenvalue weighted by Crippen LogP contribution is -2.36.